The van der Waals surface area contributed by atoms with Gasteiger partial charge in [-0.1, -0.05) is 105 Å². The Hall–Kier alpha value is -2.08. The second-order valence-corrected chi connectivity index (χ2v) is 4.87. The van der Waals surface area contributed by atoms with Gasteiger partial charge in [-0.05, 0) is 24.5 Å². The van der Waals surface area contributed by atoms with Gasteiger partial charge in [0.05, 0.1) is 0 Å². The summed E-state index contributed by atoms with van der Waals surface area (Å²) in [6.07, 6.45) is 12.3. The number of allylic oxidation sites excluding steroid dienone is 2. The van der Waals surface area contributed by atoms with Gasteiger partial charge in [0.1, 0.15) is 0 Å². The van der Waals surface area contributed by atoms with Gasteiger partial charge < -0.3 is 0 Å². The summed E-state index contributed by atoms with van der Waals surface area (Å²) in [6, 6.07) is 20.7. The highest BCUT2D eigenvalue weighted by molar-refractivity contribution is 5.48. The third kappa shape index (κ3) is 8.65. The van der Waals surface area contributed by atoms with Gasteiger partial charge in [-0.2, -0.15) is 0 Å². The van der Waals surface area contributed by atoms with E-state index in [4.69, 9.17) is 0 Å². The smallest absolute Gasteiger partial charge is 0.0260 e. The summed E-state index contributed by atoms with van der Waals surface area (Å²) >= 11 is 0. The molecule has 0 spiro atoms. The highest BCUT2D eigenvalue weighted by atomic mass is 13.9. The van der Waals surface area contributed by atoms with Crippen molar-refractivity contribution in [2.75, 3.05) is 0 Å². The van der Waals surface area contributed by atoms with Crippen LogP contribution in [0.5, 0.6) is 0 Å². The average Bonchev–Trinajstić information content (AvgIpc) is 2.55. The monoisotopic (exact) mass is 278 g/mol. The Bertz CT molecular complexity index is 506. The molecule has 0 saturated carbocycles. The summed E-state index contributed by atoms with van der Waals surface area (Å²) in [5.41, 5.74) is 2.56. The maximum atomic E-state index is 2.25. The maximum Gasteiger partial charge on any atom is -0.0260 e. The van der Waals surface area contributed by atoms with Crippen LogP contribution in [0.3, 0.4) is 0 Å². The molecular formula is C21H26. The first-order chi connectivity index (χ1) is 10.4. The van der Waals surface area contributed by atoms with Crippen molar-refractivity contribution in [1.82, 2.24) is 0 Å². The highest BCUT2D eigenvalue weighted by Crippen LogP contribution is 2.03. The molecule has 0 fully saturated rings. The largest absolute Gasteiger partial charge is 0.0871 e. The van der Waals surface area contributed by atoms with Gasteiger partial charge in [0.15, 0.2) is 0 Å². The van der Waals surface area contributed by atoms with Gasteiger partial charge in [-0.3, -0.25) is 0 Å². The molecule has 110 valence electrons. The molecule has 0 atom stereocenters. The SMILES string of the molecule is CC=Cc1ccccc1.CCCCC=Cc1ccccc1. The third-order valence-corrected chi connectivity index (χ3v) is 2.99. The fourth-order valence-electron chi connectivity index (χ4n) is 1.86. The Balaban J connectivity index is 0.000000219. The van der Waals surface area contributed by atoms with E-state index in [2.05, 4.69) is 61.5 Å². The molecule has 0 aliphatic heterocycles. The molecule has 0 heterocycles. The van der Waals surface area contributed by atoms with Crippen molar-refractivity contribution in [3.8, 4) is 0 Å². The van der Waals surface area contributed by atoms with Gasteiger partial charge in [0, 0.05) is 0 Å². The van der Waals surface area contributed by atoms with E-state index in [-0.39, 0.29) is 0 Å². The molecule has 0 nitrogen and oxygen atoms in total. The van der Waals surface area contributed by atoms with Crippen molar-refractivity contribution >= 4 is 12.2 Å². The lowest BCUT2D eigenvalue weighted by Crippen LogP contribution is -1.69. The summed E-state index contributed by atoms with van der Waals surface area (Å²) < 4.78 is 0. The first-order valence-electron chi connectivity index (χ1n) is 7.76. The van der Waals surface area contributed by atoms with Crippen molar-refractivity contribution in [3.63, 3.8) is 0 Å². The summed E-state index contributed by atoms with van der Waals surface area (Å²) in [5.74, 6) is 0. The highest BCUT2D eigenvalue weighted by Gasteiger charge is 1.82. The number of hydrogen-bond donors (Lipinski definition) is 0. The second kappa shape index (κ2) is 11.7. The zero-order valence-corrected chi connectivity index (χ0v) is 13.2. The molecule has 2 aromatic rings. The van der Waals surface area contributed by atoms with Crippen LogP contribution in [0.15, 0.2) is 72.8 Å². The summed E-state index contributed by atoms with van der Waals surface area (Å²) in [4.78, 5) is 0. The molecule has 0 aliphatic rings. The minimum Gasteiger partial charge on any atom is -0.0871 e. The Morgan fingerprint density at radius 3 is 1.76 bits per heavy atom. The van der Waals surface area contributed by atoms with Crippen LogP contribution in [-0.2, 0) is 0 Å². The normalized spacial score (nSPS) is 10.6. The van der Waals surface area contributed by atoms with Gasteiger partial charge in [0.2, 0.25) is 0 Å². The minimum absolute atomic E-state index is 1.20. The zero-order chi connectivity index (χ0) is 15.2. The number of rotatable bonds is 5. The van der Waals surface area contributed by atoms with Crippen molar-refractivity contribution < 1.29 is 0 Å². The summed E-state index contributed by atoms with van der Waals surface area (Å²) in [7, 11) is 0. The van der Waals surface area contributed by atoms with Crippen molar-refractivity contribution in [3.05, 3.63) is 83.9 Å². The van der Waals surface area contributed by atoms with Crippen LogP contribution in [0.25, 0.3) is 12.2 Å². The lowest BCUT2D eigenvalue weighted by molar-refractivity contribution is 0.816. The van der Waals surface area contributed by atoms with Crippen LogP contribution in [0.2, 0.25) is 0 Å². The minimum atomic E-state index is 1.20. The fourth-order valence-corrected chi connectivity index (χ4v) is 1.86. The van der Waals surface area contributed by atoms with E-state index in [9.17, 15) is 0 Å². The van der Waals surface area contributed by atoms with E-state index < -0.39 is 0 Å². The predicted molar refractivity (Wildman–Crippen MR) is 96.2 cm³/mol. The third-order valence-electron chi connectivity index (χ3n) is 2.99. The Labute approximate surface area is 129 Å². The van der Waals surface area contributed by atoms with Crippen LogP contribution >= 0.6 is 0 Å². The van der Waals surface area contributed by atoms with Gasteiger partial charge in [0.25, 0.3) is 0 Å². The lowest BCUT2D eigenvalue weighted by Gasteiger charge is -1.91. The van der Waals surface area contributed by atoms with E-state index in [0.29, 0.717) is 0 Å². The van der Waals surface area contributed by atoms with E-state index in [1.165, 1.54) is 30.4 Å². The molecule has 0 heteroatoms. The molecule has 0 amide bonds. The number of unbranched alkanes of at least 4 members (excludes halogenated alkanes) is 2. The molecule has 21 heavy (non-hydrogen) atoms. The van der Waals surface area contributed by atoms with Gasteiger partial charge in [-0.15, -0.1) is 0 Å². The van der Waals surface area contributed by atoms with Crippen LogP contribution in [0, 0.1) is 0 Å². The Kier molecular flexibility index (Phi) is 9.47. The molecule has 0 N–H and O–H groups in total. The van der Waals surface area contributed by atoms with E-state index >= 15 is 0 Å². The standard InChI is InChI=1S/C12H16.C9H10/c1-2-3-4-6-9-12-10-7-5-8-11-12;1-2-6-9-7-4-3-5-8-9/h5-11H,2-4H2,1H3;2-8H,1H3. The summed E-state index contributed by atoms with van der Waals surface area (Å²) in [5, 5.41) is 0. The van der Waals surface area contributed by atoms with Crippen LogP contribution < -0.4 is 0 Å². The maximum absolute atomic E-state index is 2.25. The van der Waals surface area contributed by atoms with E-state index in [1.54, 1.807) is 0 Å². The van der Waals surface area contributed by atoms with Crippen molar-refractivity contribution in [2.24, 2.45) is 0 Å². The number of benzene rings is 2. The summed E-state index contributed by atoms with van der Waals surface area (Å²) in [6.45, 7) is 4.24. The Morgan fingerprint density at radius 1 is 0.762 bits per heavy atom. The van der Waals surface area contributed by atoms with Gasteiger partial charge >= 0.3 is 0 Å². The molecule has 2 aromatic carbocycles. The van der Waals surface area contributed by atoms with E-state index in [0.717, 1.165) is 0 Å². The van der Waals surface area contributed by atoms with Crippen LogP contribution in [0.1, 0.15) is 44.2 Å². The molecule has 0 aliphatic carbocycles. The van der Waals surface area contributed by atoms with Crippen LogP contribution in [-0.4, -0.2) is 0 Å². The molecule has 0 radical (unpaired) electrons. The van der Waals surface area contributed by atoms with Crippen molar-refractivity contribution in [1.29, 1.82) is 0 Å². The van der Waals surface area contributed by atoms with Crippen molar-refractivity contribution in [2.45, 2.75) is 33.1 Å². The van der Waals surface area contributed by atoms with Crippen LogP contribution in [0.4, 0.5) is 0 Å². The first-order valence-corrected chi connectivity index (χ1v) is 7.76. The molecule has 2 rings (SSSR count). The Morgan fingerprint density at radius 2 is 1.29 bits per heavy atom. The lowest BCUT2D eigenvalue weighted by atomic mass is 10.2. The quantitative estimate of drug-likeness (QED) is 0.540. The first kappa shape index (κ1) is 17.0. The molecule has 0 bridgehead atoms. The fraction of sp³-hybridized carbons (Fsp3) is 0.238. The predicted octanol–water partition coefficient (Wildman–Crippen LogP) is 6.61. The molecule has 0 aromatic heterocycles. The topological polar surface area (TPSA) is 0 Å². The number of hydrogen-bond acceptors (Lipinski definition) is 0. The van der Waals surface area contributed by atoms with E-state index in [1.807, 2.05) is 37.3 Å². The average molecular weight is 278 g/mol. The molecule has 0 unspecified atom stereocenters. The second-order valence-electron chi connectivity index (χ2n) is 4.87. The molecular weight excluding hydrogens is 252 g/mol. The molecule has 0 saturated heterocycles. The van der Waals surface area contributed by atoms with Gasteiger partial charge in [-0.25, -0.2) is 0 Å². The zero-order valence-electron chi connectivity index (χ0n) is 13.2.